The molecule has 0 saturated heterocycles. The van der Waals surface area contributed by atoms with E-state index in [9.17, 15) is 5.11 Å². The summed E-state index contributed by atoms with van der Waals surface area (Å²) >= 11 is 1.58. The number of thiazole rings is 1. The van der Waals surface area contributed by atoms with Gasteiger partial charge in [-0.25, -0.2) is 4.98 Å². The number of anilines is 1. The SMILES string of the molecule is Nc1cc(-c2nc3cnccc3s2)ccc1O. The molecule has 2 heterocycles. The number of rotatable bonds is 1. The molecule has 84 valence electrons. The number of hydrogen-bond acceptors (Lipinski definition) is 5. The first kappa shape index (κ1) is 10.0. The van der Waals surface area contributed by atoms with Gasteiger partial charge in [0, 0.05) is 11.8 Å². The number of nitrogens with zero attached hydrogens (tertiary/aromatic N) is 2. The lowest BCUT2D eigenvalue weighted by atomic mass is 10.2. The molecular formula is C12H9N3OS. The molecule has 0 saturated carbocycles. The molecule has 5 heteroatoms. The minimum Gasteiger partial charge on any atom is -0.506 e. The van der Waals surface area contributed by atoms with E-state index in [2.05, 4.69) is 9.97 Å². The summed E-state index contributed by atoms with van der Waals surface area (Å²) in [6.45, 7) is 0. The zero-order valence-electron chi connectivity index (χ0n) is 8.79. The summed E-state index contributed by atoms with van der Waals surface area (Å²) in [4.78, 5) is 8.50. The molecule has 3 aromatic rings. The lowest BCUT2D eigenvalue weighted by Crippen LogP contribution is -1.86. The third-order valence-electron chi connectivity index (χ3n) is 2.46. The zero-order chi connectivity index (χ0) is 11.8. The van der Waals surface area contributed by atoms with E-state index in [0.29, 0.717) is 5.69 Å². The second-order valence-electron chi connectivity index (χ2n) is 3.64. The Morgan fingerprint density at radius 3 is 2.88 bits per heavy atom. The lowest BCUT2D eigenvalue weighted by Gasteiger charge is -2.00. The highest BCUT2D eigenvalue weighted by molar-refractivity contribution is 7.21. The minimum atomic E-state index is 0.0940. The molecule has 2 aromatic heterocycles. The molecule has 0 bridgehead atoms. The van der Waals surface area contributed by atoms with Gasteiger partial charge in [-0.2, -0.15) is 0 Å². The number of nitrogen functional groups attached to an aromatic ring is 1. The van der Waals surface area contributed by atoms with Crippen molar-refractivity contribution in [2.75, 3.05) is 5.73 Å². The Morgan fingerprint density at radius 1 is 1.24 bits per heavy atom. The predicted molar refractivity (Wildman–Crippen MR) is 68.9 cm³/mol. The van der Waals surface area contributed by atoms with Crippen LogP contribution in [0.1, 0.15) is 0 Å². The molecule has 0 spiro atoms. The molecule has 4 nitrogen and oxygen atoms in total. The van der Waals surface area contributed by atoms with Crippen LogP contribution in [0.4, 0.5) is 5.69 Å². The number of fused-ring (bicyclic) bond motifs is 1. The second-order valence-corrected chi connectivity index (χ2v) is 4.67. The summed E-state index contributed by atoms with van der Waals surface area (Å²) in [5.41, 5.74) is 7.81. The van der Waals surface area contributed by atoms with Crippen molar-refractivity contribution in [3.63, 3.8) is 0 Å². The van der Waals surface area contributed by atoms with Gasteiger partial charge in [0.2, 0.25) is 0 Å². The van der Waals surface area contributed by atoms with E-state index in [-0.39, 0.29) is 5.75 Å². The molecule has 3 rings (SSSR count). The van der Waals surface area contributed by atoms with Gasteiger partial charge in [0.25, 0.3) is 0 Å². The number of phenolic OH excluding ortho intramolecular Hbond substituents is 1. The smallest absolute Gasteiger partial charge is 0.138 e. The summed E-state index contributed by atoms with van der Waals surface area (Å²) in [5.74, 6) is 0.0940. The van der Waals surface area contributed by atoms with Crippen LogP contribution in [0, 0.1) is 0 Å². The number of phenols is 1. The van der Waals surface area contributed by atoms with Crippen molar-refractivity contribution >= 4 is 27.2 Å². The topological polar surface area (TPSA) is 72.0 Å². The average molecular weight is 243 g/mol. The van der Waals surface area contributed by atoms with Crippen LogP contribution in [0.2, 0.25) is 0 Å². The maximum absolute atomic E-state index is 9.38. The summed E-state index contributed by atoms with van der Waals surface area (Å²) in [6, 6.07) is 7.03. The van der Waals surface area contributed by atoms with Crippen LogP contribution in [0.3, 0.4) is 0 Å². The molecule has 0 aliphatic carbocycles. The molecule has 0 radical (unpaired) electrons. The highest BCUT2D eigenvalue weighted by Crippen LogP contribution is 2.32. The minimum absolute atomic E-state index is 0.0940. The van der Waals surface area contributed by atoms with Crippen LogP contribution in [-0.4, -0.2) is 15.1 Å². The highest BCUT2D eigenvalue weighted by Gasteiger charge is 2.07. The van der Waals surface area contributed by atoms with Crippen molar-refractivity contribution in [1.29, 1.82) is 0 Å². The van der Waals surface area contributed by atoms with E-state index in [1.165, 1.54) is 0 Å². The van der Waals surface area contributed by atoms with Crippen molar-refractivity contribution in [3.8, 4) is 16.3 Å². The van der Waals surface area contributed by atoms with Crippen LogP contribution < -0.4 is 5.73 Å². The van der Waals surface area contributed by atoms with E-state index in [4.69, 9.17) is 5.73 Å². The maximum Gasteiger partial charge on any atom is 0.138 e. The van der Waals surface area contributed by atoms with Gasteiger partial charge in [-0.1, -0.05) is 0 Å². The zero-order valence-corrected chi connectivity index (χ0v) is 9.61. The Hall–Kier alpha value is -2.14. The number of hydrogen-bond donors (Lipinski definition) is 2. The number of benzene rings is 1. The fourth-order valence-corrected chi connectivity index (χ4v) is 2.52. The van der Waals surface area contributed by atoms with Crippen LogP contribution >= 0.6 is 11.3 Å². The molecule has 0 atom stereocenters. The number of nitrogens with two attached hydrogens (primary N) is 1. The van der Waals surface area contributed by atoms with Gasteiger partial charge in [0.1, 0.15) is 16.3 Å². The molecule has 0 fully saturated rings. The van der Waals surface area contributed by atoms with E-state index in [0.717, 1.165) is 20.8 Å². The van der Waals surface area contributed by atoms with Gasteiger partial charge in [-0.3, -0.25) is 4.98 Å². The lowest BCUT2D eigenvalue weighted by molar-refractivity contribution is 0.478. The number of aromatic hydroxyl groups is 1. The van der Waals surface area contributed by atoms with E-state index >= 15 is 0 Å². The van der Waals surface area contributed by atoms with Crippen LogP contribution in [0.15, 0.2) is 36.7 Å². The Labute approximate surface area is 101 Å². The number of aromatic nitrogens is 2. The van der Waals surface area contributed by atoms with Crippen molar-refractivity contribution in [2.24, 2.45) is 0 Å². The van der Waals surface area contributed by atoms with Gasteiger partial charge in [-0.15, -0.1) is 11.3 Å². The Kier molecular flexibility index (Phi) is 2.19. The van der Waals surface area contributed by atoms with Crippen molar-refractivity contribution < 1.29 is 5.11 Å². The molecular weight excluding hydrogens is 234 g/mol. The molecule has 0 aliphatic heterocycles. The van der Waals surface area contributed by atoms with Gasteiger partial charge in [0.05, 0.1) is 16.6 Å². The Bertz CT molecular complexity index is 660. The quantitative estimate of drug-likeness (QED) is 0.509. The van der Waals surface area contributed by atoms with Gasteiger partial charge in [0.15, 0.2) is 0 Å². The third-order valence-corrected chi connectivity index (χ3v) is 3.55. The number of pyridine rings is 1. The first-order valence-corrected chi connectivity index (χ1v) is 5.85. The fourth-order valence-electron chi connectivity index (χ4n) is 1.59. The second kappa shape index (κ2) is 3.71. The van der Waals surface area contributed by atoms with Crippen LogP contribution in [0.5, 0.6) is 5.75 Å². The van der Waals surface area contributed by atoms with Gasteiger partial charge < -0.3 is 10.8 Å². The summed E-state index contributed by atoms with van der Waals surface area (Å²) < 4.78 is 1.08. The Balaban J connectivity index is 2.17. The molecule has 3 N–H and O–H groups in total. The van der Waals surface area contributed by atoms with Crippen LogP contribution in [-0.2, 0) is 0 Å². The monoisotopic (exact) mass is 243 g/mol. The highest BCUT2D eigenvalue weighted by atomic mass is 32.1. The average Bonchev–Trinajstić information content (AvgIpc) is 2.76. The molecule has 0 aliphatic rings. The standard InChI is InChI=1S/C12H9N3OS/c13-8-5-7(1-2-10(8)16)12-15-9-6-14-4-3-11(9)17-12/h1-6,16H,13H2. The van der Waals surface area contributed by atoms with E-state index in [1.807, 2.05) is 6.07 Å². The normalized spacial score (nSPS) is 10.8. The first-order chi connectivity index (χ1) is 8.24. The van der Waals surface area contributed by atoms with Crippen molar-refractivity contribution in [3.05, 3.63) is 36.7 Å². The molecule has 17 heavy (non-hydrogen) atoms. The molecule has 0 unspecified atom stereocenters. The third kappa shape index (κ3) is 1.70. The van der Waals surface area contributed by atoms with Crippen LogP contribution in [0.25, 0.3) is 20.8 Å². The molecule has 1 aromatic carbocycles. The van der Waals surface area contributed by atoms with Gasteiger partial charge >= 0.3 is 0 Å². The van der Waals surface area contributed by atoms with Crippen molar-refractivity contribution in [2.45, 2.75) is 0 Å². The summed E-state index contributed by atoms with van der Waals surface area (Å²) in [5, 5.41) is 10.3. The Morgan fingerprint density at radius 2 is 2.12 bits per heavy atom. The molecule has 0 amide bonds. The fraction of sp³-hybridized carbons (Fsp3) is 0. The first-order valence-electron chi connectivity index (χ1n) is 5.03. The van der Waals surface area contributed by atoms with Crippen molar-refractivity contribution in [1.82, 2.24) is 9.97 Å². The van der Waals surface area contributed by atoms with Gasteiger partial charge in [-0.05, 0) is 24.3 Å². The largest absolute Gasteiger partial charge is 0.506 e. The summed E-state index contributed by atoms with van der Waals surface area (Å²) in [6.07, 6.45) is 3.48. The van der Waals surface area contributed by atoms with E-state index < -0.39 is 0 Å². The summed E-state index contributed by atoms with van der Waals surface area (Å²) in [7, 11) is 0. The van der Waals surface area contributed by atoms with E-state index in [1.54, 1.807) is 41.9 Å². The predicted octanol–water partition coefficient (Wildman–Crippen LogP) is 2.65. The maximum atomic E-state index is 9.38.